The Balaban J connectivity index is 1.38. The minimum absolute atomic E-state index is 0.0115. The number of aromatic nitrogens is 1. The van der Waals surface area contributed by atoms with Crippen LogP contribution in [0.15, 0.2) is 73.1 Å². The van der Waals surface area contributed by atoms with E-state index in [0.29, 0.717) is 10.7 Å². The second kappa shape index (κ2) is 7.62. The molecule has 3 aromatic rings. The van der Waals surface area contributed by atoms with Gasteiger partial charge in [-0.1, -0.05) is 48.0 Å². The van der Waals surface area contributed by atoms with Crippen LogP contribution in [0.5, 0.6) is 0 Å². The number of amides is 1. The van der Waals surface area contributed by atoms with Crippen molar-refractivity contribution in [2.24, 2.45) is 5.92 Å². The number of nitrogens with one attached hydrogen (secondary N) is 1. The molecular weight excluding hydrogens is 384 g/mol. The van der Waals surface area contributed by atoms with Crippen molar-refractivity contribution in [1.82, 2.24) is 4.98 Å². The Bertz CT molecular complexity index is 1030. The first-order valence-electron chi connectivity index (χ1n) is 9.92. The molecule has 1 N–H and O–H groups in total. The summed E-state index contributed by atoms with van der Waals surface area (Å²) in [7, 11) is 0. The largest absolute Gasteiger partial charge is 0.373 e. The molecule has 4 nitrogen and oxygen atoms in total. The Morgan fingerprint density at radius 2 is 1.76 bits per heavy atom. The molecule has 2 fully saturated rings. The quantitative estimate of drug-likeness (QED) is 0.641. The van der Waals surface area contributed by atoms with Crippen LogP contribution in [0.1, 0.15) is 24.3 Å². The number of fused-ring (bicyclic) bond motifs is 2. The Kier molecular flexibility index (Phi) is 4.82. The lowest BCUT2D eigenvalue weighted by Gasteiger charge is -2.27. The van der Waals surface area contributed by atoms with E-state index in [2.05, 4.69) is 10.3 Å². The van der Waals surface area contributed by atoms with Crippen LogP contribution in [0.25, 0.3) is 11.1 Å². The van der Waals surface area contributed by atoms with Gasteiger partial charge in [0.2, 0.25) is 5.91 Å². The molecule has 2 aromatic carbocycles. The molecule has 2 saturated heterocycles. The molecule has 1 aromatic heterocycles. The molecule has 4 unspecified atom stereocenters. The minimum atomic E-state index is -0.205. The first-order valence-corrected chi connectivity index (χ1v) is 10.3. The molecule has 2 aliphatic rings. The van der Waals surface area contributed by atoms with Crippen molar-refractivity contribution in [3.63, 3.8) is 0 Å². The number of carbonyl (C=O) groups excluding carboxylic acids is 1. The van der Waals surface area contributed by atoms with Crippen molar-refractivity contribution in [2.45, 2.75) is 31.0 Å². The number of nitrogens with zero attached hydrogens (tertiary/aromatic N) is 1. The standard InChI is InChI=1S/C24H21ClN2O2/c25-19-14-17(6-7-18(19)15-4-2-1-3-5-15)27-24(28)23-21-9-8-20(29-21)22(23)16-10-12-26-13-11-16/h1-7,10-14,20-23H,8-9H2,(H,27,28). The monoisotopic (exact) mass is 404 g/mol. The fraction of sp³-hybridized carbons (Fsp3) is 0.250. The van der Waals surface area contributed by atoms with Crippen LogP contribution in [0.2, 0.25) is 5.02 Å². The Morgan fingerprint density at radius 3 is 2.52 bits per heavy atom. The average Bonchev–Trinajstić information content (AvgIpc) is 3.37. The first-order chi connectivity index (χ1) is 14.2. The second-order valence-corrected chi connectivity index (χ2v) is 8.08. The maximum Gasteiger partial charge on any atom is 0.230 e. The molecule has 0 radical (unpaired) electrons. The number of hydrogen-bond acceptors (Lipinski definition) is 3. The number of halogens is 1. The normalized spacial score (nSPS) is 25.1. The number of anilines is 1. The summed E-state index contributed by atoms with van der Waals surface area (Å²) in [5.74, 6) is -0.151. The molecule has 5 heteroatoms. The number of benzene rings is 2. The van der Waals surface area contributed by atoms with Gasteiger partial charge in [-0.05, 0) is 48.2 Å². The van der Waals surface area contributed by atoms with Crippen LogP contribution < -0.4 is 5.32 Å². The molecule has 4 atom stereocenters. The number of hydrogen-bond donors (Lipinski definition) is 1. The number of ether oxygens (including phenoxy) is 1. The van der Waals surface area contributed by atoms with Gasteiger partial charge in [0.05, 0.1) is 23.1 Å². The zero-order valence-corrected chi connectivity index (χ0v) is 16.5. The second-order valence-electron chi connectivity index (χ2n) is 7.67. The summed E-state index contributed by atoms with van der Waals surface area (Å²) >= 11 is 6.51. The van der Waals surface area contributed by atoms with Crippen molar-refractivity contribution in [3.05, 3.63) is 83.6 Å². The molecule has 3 heterocycles. The highest BCUT2D eigenvalue weighted by molar-refractivity contribution is 6.33. The first kappa shape index (κ1) is 18.3. The summed E-state index contributed by atoms with van der Waals surface area (Å²) in [5.41, 5.74) is 3.82. The molecule has 2 aliphatic heterocycles. The molecule has 5 rings (SSSR count). The van der Waals surface area contributed by atoms with Crippen LogP contribution >= 0.6 is 11.6 Å². The molecule has 1 amide bonds. The molecule has 0 aliphatic carbocycles. The highest BCUT2D eigenvalue weighted by Gasteiger charge is 2.52. The fourth-order valence-corrected chi connectivity index (χ4v) is 4.98. The van der Waals surface area contributed by atoms with E-state index in [-0.39, 0.29) is 30.0 Å². The van der Waals surface area contributed by atoms with Gasteiger partial charge in [-0.25, -0.2) is 0 Å². The van der Waals surface area contributed by atoms with Crippen molar-refractivity contribution < 1.29 is 9.53 Å². The van der Waals surface area contributed by atoms with Gasteiger partial charge in [-0.3, -0.25) is 9.78 Å². The summed E-state index contributed by atoms with van der Waals surface area (Å²) in [6.45, 7) is 0. The molecule has 2 bridgehead atoms. The number of carbonyl (C=O) groups is 1. The van der Waals surface area contributed by atoms with E-state index in [1.807, 2.05) is 60.7 Å². The van der Waals surface area contributed by atoms with E-state index in [1.165, 1.54) is 0 Å². The molecule has 29 heavy (non-hydrogen) atoms. The highest BCUT2D eigenvalue weighted by Crippen LogP contribution is 2.49. The van der Waals surface area contributed by atoms with Gasteiger partial charge in [0, 0.05) is 29.6 Å². The number of rotatable bonds is 4. The van der Waals surface area contributed by atoms with Gasteiger partial charge >= 0.3 is 0 Å². The van der Waals surface area contributed by atoms with E-state index >= 15 is 0 Å². The Hall–Kier alpha value is -2.69. The SMILES string of the molecule is O=C(Nc1ccc(-c2ccccc2)c(Cl)c1)C1C2CCC(O2)C1c1ccncc1. The summed E-state index contributed by atoms with van der Waals surface area (Å²) in [5, 5.41) is 3.68. The maximum absolute atomic E-state index is 13.2. The molecular formula is C24H21ClN2O2. The number of pyridine rings is 1. The van der Waals surface area contributed by atoms with Gasteiger partial charge in [-0.15, -0.1) is 0 Å². The van der Waals surface area contributed by atoms with E-state index < -0.39 is 0 Å². The molecule has 0 saturated carbocycles. The maximum atomic E-state index is 13.2. The topological polar surface area (TPSA) is 51.2 Å². The lowest BCUT2D eigenvalue weighted by atomic mass is 9.75. The minimum Gasteiger partial charge on any atom is -0.373 e. The van der Waals surface area contributed by atoms with Crippen molar-refractivity contribution >= 4 is 23.2 Å². The summed E-state index contributed by atoms with van der Waals surface area (Å²) in [4.78, 5) is 17.3. The van der Waals surface area contributed by atoms with Gasteiger partial charge in [-0.2, -0.15) is 0 Å². The van der Waals surface area contributed by atoms with Crippen LogP contribution in [0.4, 0.5) is 5.69 Å². The third-order valence-corrected chi connectivity index (χ3v) is 6.30. The van der Waals surface area contributed by atoms with Crippen LogP contribution in [-0.4, -0.2) is 23.1 Å². The van der Waals surface area contributed by atoms with Gasteiger partial charge in [0.1, 0.15) is 0 Å². The van der Waals surface area contributed by atoms with Crippen LogP contribution in [0.3, 0.4) is 0 Å². The van der Waals surface area contributed by atoms with Crippen molar-refractivity contribution in [3.8, 4) is 11.1 Å². The van der Waals surface area contributed by atoms with E-state index in [9.17, 15) is 4.79 Å². The van der Waals surface area contributed by atoms with Crippen molar-refractivity contribution in [2.75, 3.05) is 5.32 Å². The fourth-order valence-electron chi connectivity index (χ4n) is 4.69. The Morgan fingerprint density at radius 1 is 1.00 bits per heavy atom. The third-order valence-electron chi connectivity index (χ3n) is 5.99. The lowest BCUT2D eigenvalue weighted by Crippen LogP contribution is -2.36. The zero-order chi connectivity index (χ0) is 19.8. The Labute approximate surface area is 174 Å². The highest BCUT2D eigenvalue weighted by atomic mass is 35.5. The van der Waals surface area contributed by atoms with Gasteiger partial charge in [0.25, 0.3) is 0 Å². The molecule has 146 valence electrons. The summed E-state index contributed by atoms with van der Waals surface area (Å²) in [6.07, 6.45) is 5.55. The van der Waals surface area contributed by atoms with E-state index in [4.69, 9.17) is 16.3 Å². The van der Waals surface area contributed by atoms with Crippen molar-refractivity contribution in [1.29, 1.82) is 0 Å². The average molecular weight is 405 g/mol. The predicted octanol–water partition coefficient (Wildman–Crippen LogP) is 5.30. The third kappa shape index (κ3) is 3.43. The lowest BCUT2D eigenvalue weighted by molar-refractivity contribution is -0.121. The van der Waals surface area contributed by atoms with Gasteiger partial charge in [0.15, 0.2) is 0 Å². The predicted molar refractivity (Wildman–Crippen MR) is 114 cm³/mol. The zero-order valence-electron chi connectivity index (χ0n) is 15.8. The van der Waals surface area contributed by atoms with E-state index in [0.717, 1.165) is 29.5 Å². The van der Waals surface area contributed by atoms with Crippen LogP contribution in [0, 0.1) is 5.92 Å². The van der Waals surface area contributed by atoms with Crippen LogP contribution in [-0.2, 0) is 9.53 Å². The summed E-state index contributed by atoms with van der Waals surface area (Å²) < 4.78 is 6.10. The van der Waals surface area contributed by atoms with Gasteiger partial charge < -0.3 is 10.1 Å². The summed E-state index contributed by atoms with van der Waals surface area (Å²) in [6, 6.07) is 19.6. The molecule has 0 spiro atoms. The van der Waals surface area contributed by atoms with E-state index in [1.54, 1.807) is 12.4 Å². The smallest absolute Gasteiger partial charge is 0.230 e.